The maximum absolute atomic E-state index is 12.8. The topological polar surface area (TPSA) is 74.8 Å². The van der Waals surface area contributed by atoms with E-state index in [0.717, 1.165) is 0 Å². The van der Waals surface area contributed by atoms with Crippen LogP contribution in [0.3, 0.4) is 0 Å². The highest BCUT2D eigenvalue weighted by Crippen LogP contribution is 2.26. The van der Waals surface area contributed by atoms with Gasteiger partial charge in [-0.1, -0.05) is 47.5 Å². The highest BCUT2D eigenvalue weighted by atomic mass is 35.5. The van der Waals surface area contributed by atoms with Gasteiger partial charge >= 0.3 is 0 Å². The number of sulfonamides is 1. The fourth-order valence-corrected chi connectivity index (χ4v) is 4.87. The fourth-order valence-electron chi connectivity index (χ4n) is 3.08. The van der Waals surface area contributed by atoms with Crippen molar-refractivity contribution < 1.29 is 18.0 Å². The zero-order valence-electron chi connectivity index (χ0n) is 16.2. The summed E-state index contributed by atoms with van der Waals surface area (Å²) in [5.41, 5.74) is 1.09. The Bertz CT molecular complexity index is 1090. The summed E-state index contributed by atoms with van der Waals surface area (Å²) in [6.45, 7) is 2.35. The van der Waals surface area contributed by atoms with Crippen LogP contribution < -0.4 is 0 Å². The molecule has 0 atom stereocenters. The number of hydrogen-bond donors (Lipinski definition) is 0. The van der Waals surface area contributed by atoms with Gasteiger partial charge in [0.1, 0.15) is 0 Å². The van der Waals surface area contributed by atoms with Crippen LogP contribution in [0.15, 0.2) is 53.4 Å². The van der Waals surface area contributed by atoms with E-state index in [9.17, 15) is 18.0 Å². The monoisotopic (exact) mass is 466 g/mol. The van der Waals surface area contributed by atoms with Gasteiger partial charge in [-0.3, -0.25) is 9.59 Å². The van der Waals surface area contributed by atoms with Crippen molar-refractivity contribution in [2.24, 2.45) is 0 Å². The molecule has 0 spiro atoms. The summed E-state index contributed by atoms with van der Waals surface area (Å²) in [4.78, 5) is 25.5. The van der Waals surface area contributed by atoms with Crippen molar-refractivity contribution in [3.8, 4) is 0 Å². The molecule has 0 aliphatic carbocycles. The van der Waals surface area contributed by atoms with Crippen LogP contribution in [0, 0.1) is 0 Å². The minimum atomic E-state index is -3.69. The summed E-state index contributed by atoms with van der Waals surface area (Å²) >= 11 is 12.1. The van der Waals surface area contributed by atoms with Crippen LogP contribution in [0.2, 0.25) is 10.0 Å². The molecule has 1 fully saturated rings. The Labute approximate surface area is 185 Å². The number of halogens is 2. The second-order valence-corrected chi connectivity index (χ2v) is 9.51. The molecule has 0 saturated carbocycles. The molecule has 6 nitrogen and oxygen atoms in total. The molecule has 2 aromatic carbocycles. The van der Waals surface area contributed by atoms with Gasteiger partial charge in [-0.15, -0.1) is 0 Å². The van der Waals surface area contributed by atoms with Gasteiger partial charge in [0.25, 0.3) is 0 Å². The first-order valence-corrected chi connectivity index (χ1v) is 11.4. The Morgan fingerprint density at radius 1 is 0.967 bits per heavy atom. The number of Topliss-reactive ketones (excluding diaryl/α,β-unsaturated/α-hetero) is 1. The van der Waals surface area contributed by atoms with E-state index in [1.807, 2.05) is 0 Å². The Morgan fingerprint density at radius 2 is 1.60 bits per heavy atom. The molecule has 3 rings (SSSR count). The number of piperazine rings is 1. The van der Waals surface area contributed by atoms with E-state index >= 15 is 0 Å². The van der Waals surface area contributed by atoms with Gasteiger partial charge in [0.05, 0.1) is 14.9 Å². The van der Waals surface area contributed by atoms with Crippen molar-refractivity contribution in [2.45, 2.75) is 11.8 Å². The third-order valence-corrected chi connectivity index (χ3v) is 7.58. The standard InChI is InChI=1S/C21H20Cl2N2O4S/c1-15(26)16-5-8-18(9-6-16)30(28,29)25-13-11-24(12-14-25)20(27)10-7-17-3-2-4-19(22)21(17)23/h2-10H,11-14H2,1H3/b10-7+. The first-order chi connectivity index (χ1) is 14.2. The molecule has 1 aliphatic rings. The van der Waals surface area contributed by atoms with E-state index in [1.54, 1.807) is 29.2 Å². The lowest BCUT2D eigenvalue weighted by Gasteiger charge is -2.33. The zero-order valence-corrected chi connectivity index (χ0v) is 18.5. The SMILES string of the molecule is CC(=O)c1ccc(S(=O)(=O)N2CCN(C(=O)/C=C/c3cccc(Cl)c3Cl)CC2)cc1. The molecule has 9 heteroatoms. The van der Waals surface area contributed by atoms with Crippen LogP contribution in [0.25, 0.3) is 6.08 Å². The maximum Gasteiger partial charge on any atom is 0.246 e. The quantitative estimate of drug-likeness (QED) is 0.496. The van der Waals surface area contributed by atoms with Gasteiger partial charge < -0.3 is 4.90 Å². The van der Waals surface area contributed by atoms with Crippen LogP contribution in [0.4, 0.5) is 0 Å². The van der Waals surface area contributed by atoms with Crippen LogP contribution in [-0.2, 0) is 14.8 Å². The Morgan fingerprint density at radius 3 is 2.20 bits per heavy atom. The summed E-state index contributed by atoms with van der Waals surface area (Å²) in [5, 5.41) is 0.774. The molecule has 158 valence electrons. The normalized spacial score (nSPS) is 15.5. The largest absolute Gasteiger partial charge is 0.337 e. The molecule has 2 aromatic rings. The van der Waals surface area contributed by atoms with Crippen molar-refractivity contribution in [1.29, 1.82) is 0 Å². The maximum atomic E-state index is 12.8. The molecular formula is C21H20Cl2N2O4S. The number of benzene rings is 2. The predicted molar refractivity (Wildman–Crippen MR) is 117 cm³/mol. The van der Waals surface area contributed by atoms with E-state index in [1.165, 1.54) is 41.6 Å². The van der Waals surface area contributed by atoms with Crippen LogP contribution >= 0.6 is 23.2 Å². The van der Waals surface area contributed by atoms with Crippen LogP contribution in [-0.4, -0.2) is 55.5 Å². The first-order valence-electron chi connectivity index (χ1n) is 9.22. The molecule has 0 bridgehead atoms. The lowest BCUT2D eigenvalue weighted by molar-refractivity contribution is -0.127. The van der Waals surface area contributed by atoms with Crippen LogP contribution in [0.5, 0.6) is 0 Å². The lowest BCUT2D eigenvalue weighted by Crippen LogP contribution is -2.50. The molecule has 0 aromatic heterocycles. The van der Waals surface area contributed by atoms with Gasteiger partial charge in [-0.2, -0.15) is 4.31 Å². The highest BCUT2D eigenvalue weighted by Gasteiger charge is 2.29. The Balaban J connectivity index is 1.63. The van der Waals surface area contributed by atoms with Gasteiger partial charge in [-0.25, -0.2) is 8.42 Å². The van der Waals surface area contributed by atoms with Crippen molar-refractivity contribution in [1.82, 2.24) is 9.21 Å². The fraction of sp³-hybridized carbons (Fsp3) is 0.238. The minimum absolute atomic E-state index is 0.127. The average molecular weight is 467 g/mol. The number of amides is 1. The molecule has 1 amide bonds. The summed E-state index contributed by atoms with van der Waals surface area (Å²) < 4.78 is 27.0. The third kappa shape index (κ3) is 4.92. The summed E-state index contributed by atoms with van der Waals surface area (Å²) in [7, 11) is -3.69. The predicted octanol–water partition coefficient (Wildman–Crippen LogP) is 3.74. The average Bonchev–Trinajstić information content (AvgIpc) is 2.74. The minimum Gasteiger partial charge on any atom is -0.337 e. The van der Waals surface area contributed by atoms with Crippen molar-refractivity contribution >= 4 is 51.0 Å². The van der Waals surface area contributed by atoms with E-state index < -0.39 is 10.0 Å². The van der Waals surface area contributed by atoms with Gasteiger partial charge in [0, 0.05) is 37.8 Å². The molecule has 0 unspecified atom stereocenters. The smallest absolute Gasteiger partial charge is 0.246 e. The molecule has 0 N–H and O–H groups in total. The second kappa shape index (κ2) is 9.31. The molecule has 0 radical (unpaired) electrons. The summed E-state index contributed by atoms with van der Waals surface area (Å²) in [5.74, 6) is -0.355. The van der Waals surface area contributed by atoms with E-state index in [2.05, 4.69) is 0 Å². The van der Waals surface area contributed by atoms with Gasteiger partial charge in [0.2, 0.25) is 15.9 Å². The molecule has 30 heavy (non-hydrogen) atoms. The number of carbonyl (C=O) groups is 2. The number of hydrogen-bond acceptors (Lipinski definition) is 4. The second-order valence-electron chi connectivity index (χ2n) is 6.79. The molecule has 1 heterocycles. The number of ketones is 1. The van der Waals surface area contributed by atoms with E-state index in [4.69, 9.17) is 23.2 Å². The van der Waals surface area contributed by atoms with Crippen molar-refractivity contribution in [2.75, 3.05) is 26.2 Å². The molecular weight excluding hydrogens is 447 g/mol. The molecule has 1 saturated heterocycles. The van der Waals surface area contributed by atoms with E-state index in [0.29, 0.717) is 21.2 Å². The number of nitrogens with zero attached hydrogens (tertiary/aromatic N) is 2. The van der Waals surface area contributed by atoms with Gasteiger partial charge in [-0.05, 0) is 36.8 Å². The zero-order chi connectivity index (χ0) is 21.9. The van der Waals surface area contributed by atoms with E-state index in [-0.39, 0.29) is 42.8 Å². The Hall–Kier alpha value is -2.19. The summed E-state index contributed by atoms with van der Waals surface area (Å²) in [6, 6.07) is 11.0. The molecule has 1 aliphatic heterocycles. The number of rotatable bonds is 5. The van der Waals surface area contributed by atoms with Crippen LogP contribution in [0.1, 0.15) is 22.8 Å². The van der Waals surface area contributed by atoms with Gasteiger partial charge in [0.15, 0.2) is 5.78 Å². The highest BCUT2D eigenvalue weighted by molar-refractivity contribution is 7.89. The van der Waals surface area contributed by atoms with Crippen molar-refractivity contribution in [3.05, 3.63) is 69.7 Å². The first kappa shape index (κ1) is 22.5. The third-order valence-electron chi connectivity index (χ3n) is 4.84. The lowest BCUT2D eigenvalue weighted by atomic mass is 10.2. The summed E-state index contributed by atoms with van der Waals surface area (Å²) in [6.07, 6.45) is 3.00. The number of carbonyl (C=O) groups excluding carboxylic acids is 2. The Kier molecular flexibility index (Phi) is 6.98. The van der Waals surface area contributed by atoms with Crippen molar-refractivity contribution in [3.63, 3.8) is 0 Å².